The maximum atomic E-state index is 13.7. The fourth-order valence-electron chi connectivity index (χ4n) is 2.13. The summed E-state index contributed by atoms with van der Waals surface area (Å²) in [5.41, 5.74) is -0.153. The van der Waals surface area contributed by atoms with Gasteiger partial charge in [-0.05, 0) is 36.4 Å². The van der Waals surface area contributed by atoms with Crippen molar-refractivity contribution in [3.05, 3.63) is 59.1 Å². The van der Waals surface area contributed by atoms with Crippen molar-refractivity contribution in [3.63, 3.8) is 0 Å². The van der Waals surface area contributed by atoms with Gasteiger partial charge < -0.3 is 10.1 Å². The summed E-state index contributed by atoms with van der Waals surface area (Å²) in [6.45, 7) is -2.35. The van der Waals surface area contributed by atoms with E-state index in [2.05, 4.69) is 10.1 Å². The molecule has 0 unspecified atom stereocenters. The highest BCUT2D eigenvalue weighted by atomic mass is 35.5. The number of alkyl halides is 8. The van der Waals surface area contributed by atoms with Crippen LogP contribution in [0.3, 0.4) is 0 Å². The van der Waals surface area contributed by atoms with Gasteiger partial charge in [-0.25, -0.2) is 8.78 Å². The average molecular weight is 462 g/mol. The van der Waals surface area contributed by atoms with Gasteiger partial charge in [-0.1, -0.05) is 23.7 Å². The first-order valence-corrected chi connectivity index (χ1v) is 8.38. The molecule has 0 atom stereocenters. The van der Waals surface area contributed by atoms with E-state index in [9.17, 15) is 39.9 Å². The molecule has 0 spiro atoms. The molecule has 0 saturated carbocycles. The van der Waals surface area contributed by atoms with Crippen LogP contribution in [0.5, 0.6) is 5.75 Å². The molecule has 0 heterocycles. The summed E-state index contributed by atoms with van der Waals surface area (Å²) in [4.78, 5) is 12.2. The number of carbonyl (C=O) groups excluding carboxylic acids is 1. The Balaban J connectivity index is 2.18. The molecule has 164 valence electrons. The van der Waals surface area contributed by atoms with Crippen molar-refractivity contribution in [2.24, 2.45) is 0 Å². The molecule has 2 aromatic rings. The third-order valence-corrected chi connectivity index (χ3v) is 4.05. The van der Waals surface area contributed by atoms with Crippen LogP contribution in [0.2, 0.25) is 5.02 Å². The summed E-state index contributed by atoms with van der Waals surface area (Å²) in [5.74, 6) is -19.7. The molecule has 1 N–H and O–H groups in total. The van der Waals surface area contributed by atoms with Crippen molar-refractivity contribution in [1.82, 2.24) is 0 Å². The van der Waals surface area contributed by atoms with Crippen LogP contribution in [0.4, 0.5) is 40.8 Å². The first kappa shape index (κ1) is 23.7. The number of carbonyl (C=O) groups is 1. The lowest BCUT2D eigenvalue weighted by molar-refractivity contribution is -0.342. The van der Waals surface area contributed by atoms with Crippen LogP contribution < -0.4 is 10.1 Å². The summed E-state index contributed by atoms with van der Waals surface area (Å²) in [6, 6.07) is 10.2. The van der Waals surface area contributed by atoms with Crippen molar-refractivity contribution in [2.45, 2.75) is 24.2 Å². The van der Waals surface area contributed by atoms with Crippen molar-refractivity contribution in [1.29, 1.82) is 0 Å². The van der Waals surface area contributed by atoms with Crippen LogP contribution in [-0.4, -0.2) is 36.7 Å². The Bertz CT molecular complexity index is 890. The second-order valence-electron chi connectivity index (χ2n) is 5.95. The Morgan fingerprint density at radius 3 is 2.10 bits per heavy atom. The molecule has 2 aromatic carbocycles. The first-order valence-electron chi connectivity index (χ1n) is 8.00. The first-order chi connectivity index (χ1) is 13.8. The maximum Gasteiger partial charge on any atom is 0.381 e. The molecule has 0 aliphatic rings. The average Bonchev–Trinajstić information content (AvgIpc) is 2.67. The van der Waals surface area contributed by atoms with Crippen LogP contribution in [0, 0.1) is 0 Å². The van der Waals surface area contributed by atoms with Gasteiger partial charge in [-0.15, -0.1) is 0 Å². The Kier molecular flexibility index (Phi) is 6.85. The number of nitrogens with one attached hydrogen (secondary N) is 1. The second kappa shape index (κ2) is 8.66. The van der Waals surface area contributed by atoms with Crippen molar-refractivity contribution in [3.8, 4) is 5.75 Å². The molecule has 0 bridgehead atoms. The number of anilines is 1. The predicted octanol–water partition coefficient (Wildman–Crippen LogP) is 6.14. The molecule has 30 heavy (non-hydrogen) atoms. The zero-order chi connectivity index (χ0) is 22.7. The predicted molar refractivity (Wildman–Crippen MR) is 92.2 cm³/mol. The topological polar surface area (TPSA) is 38.3 Å². The minimum Gasteiger partial charge on any atom is -0.485 e. The molecule has 0 fully saturated rings. The molecule has 0 radical (unpaired) electrons. The molecule has 1 amide bonds. The Hall–Kier alpha value is -2.56. The Morgan fingerprint density at radius 1 is 0.967 bits per heavy atom. The van der Waals surface area contributed by atoms with E-state index in [1.165, 1.54) is 36.4 Å². The maximum absolute atomic E-state index is 13.7. The molecule has 0 aliphatic carbocycles. The molecule has 3 nitrogen and oxygen atoms in total. The highest BCUT2D eigenvalue weighted by Crippen LogP contribution is 2.48. The number of halogens is 9. The van der Waals surface area contributed by atoms with E-state index < -0.39 is 42.5 Å². The zero-order valence-corrected chi connectivity index (χ0v) is 15.4. The minimum atomic E-state index is -6.39. The van der Waals surface area contributed by atoms with Crippen LogP contribution in [-0.2, 0) is 0 Å². The summed E-state index contributed by atoms with van der Waals surface area (Å²) >= 11 is 5.69. The van der Waals surface area contributed by atoms with E-state index in [4.69, 9.17) is 11.6 Å². The fourth-order valence-corrected chi connectivity index (χ4v) is 2.26. The van der Waals surface area contributed by atoms with Gasteiger partial charge in [0, 0.05) is 10.6 Å². The fraction of sp³-hybridized carbons (Fsp3) is 0.278. The van der Waals surface area contributed by atoms with E-state index >= 15 is 0 Å². The minimum absolute atomic E-state index is 0.0997. The van der Waals surface area contributed by atoms with Gasteiger partial charge in [0.05, 0.1) is 5.69 Å². The molecule has 0 aromatic heterocycles. The monoisotopic (exact) mass is 461 g/mol. The van der Waals surface area contributed by atoms with Gasteiger partial charge in [0.2, 0.25) is 0 Å². The summed E-state index contributed by atoms with van der Waals surface area (Å²) in [6.07, 6.45) is -5.02. The van der Waals surface area contributed by atoms with Gasteiger partial charge in [-0.2, -0.15) is 26.3 Å². The third-order valence-electron chi connectivity index (χ3n) is 3.80. The highest BCUT2D eigenvalue weighted by Gasteiger charge is 2.75. The number of rotatable bonds is 8. The normalized spacial score (nSPS) is 12.7. The number of ether oxygens (including phenoxy) is 1. The highest BCUT2D eigenvalue weighted by molar-refractivity contribution is 6.30. The van der Waals surface area contributed by atoms with E-state index in [1.807, 2.05) is 0 Å². The standard InChI is InChI=1S/C18H12ClF8NO2/c19-11-7-5-10(6-8-11)14(29)28-12-3-1-2-4-13(12)30-9-16(22,23)18(26,27)17(24,25)15(20)21/h1-8,15H,9H2,(H,28,29). The molecular formula is C18H12ClF8NO2. The van der Waals surface area contributed by atoms with Crippen LogP contribution >= 0.6 is 11.6 Å². The van der Waals surface area contributed by atoms with Gasteiger partial charge in [0.15, 0.2) is 6.61 Å². The summed E-state index contributed by atoms with van der Waals surface area (Å²) in [7, 11) is 0. The van der Waals surface area contributed by atoms with Crippen LogP contribution in [0.1, 0.15) is 10.4 Å². The molecule has 0 aliphatic heterocycles. The number of benzene rings is 2. The van der Waals surface area contributed by atoms with E-state index in [-0.39, 0.29) is 11.3 Å². The van der Waals surface area contributed by atoms with Crippen LogP contribution in [0.15, 0.2) is 48.5 Å². The van der Waals surface area contributed by atoms with E-state index in [1.54, 1.807) is 0 Å². The number of amides is 1. The number of hydrogen-bond donors (Lipinski definition) is 1. The molecule has 0 saturated heterocycles. The third kappa shape index (κ3) is 4.77. The molecule has 12 heteroatoms. The largest absolute Gasteiger partial charge is 0.485 e. The second-order valence-corrected chi connectivity index (χ2v) is 6.38. The van der Waals surface area contributed by atoms with Crippen molar-refractivity contribution >= 4 is 23.2 Å². The van der Waals surface area contributed by atoms with Gasteiger partial charge in [-0.3, -0.25) is 4.79 Å². The van der Waals surface area contributed by atoms with Gasteiger partial charge >= 0.3 is 24.2 Å². The Labute approximate surface area is 169 Å². The number of hydrogen-bond acceptors (Lipinski definition) is 2. The molecular weight excluding hydrogens is 450 g/mol. The van der Waals surface area contributed by atoms with Crippen LogP contribution in [0.25, 0.3) is 0 Å². The van der Waals surface area contributed by atoms with Crippen molar-refractivity contribution < 1.29 is 44.7 Å². The van der Waals surface area contributed by atoms with E-state index in [0.29, 0.717) is 5.02 Å². The lowest BCUT2D eigenvalue weighted by Crippen LogP contribution is -2.59. The summed E-state index contributed by atoms with van der Waals surface area (Å²) < 4.78 is 109. The summed E-state index contributed by atoms with van der Waals surface area (Å²) in [5, 5.41) is 2.59. The Morgan fingerprint density at radius 2 is 1.53 bits per heavy atom. The van der Waals surface area contributed by atoms with Gasteiger partial charge in [0.25, 0.3) is 5.91 Å². The SMILES string of the molecule is O=C(Nc1ccccc1OCC(F)(F)C(F)(F)C(F)(F)C(F)F)c1ccc(Cl)cc1. The van der Waals surface area contributed by atoms with E-state index in [0.717, 1.165) is 12.1 Å². The number of para-hydroxylation sites is 2. The smallest absolute Gasteiger partial charge is 0.381 e. The molecule has 2 rings (SSSR count). The zero-order valence-electron chi connectivity index (χ0n) is 14.6. The quantitative estimate of drug-likeness (QED) is 0.479. The lowest BCUT2D eigenvalue weighted by atomic mass is 10.1. The van der Waals surface area contributed by atoms with Gasteiger partial charge in [0.1, 0.15) is 5.75 Å². The lowest BCUT2D eigenvalue weighted by Gasteiger charge is -2.32. The van der Waals surface area contributed by atoms with Crippen molar-refractivity contribution in [2.75, 3.05) is 11.9 Å².